The highest BCUT2D eigenvalue weighted by Crippen LogP contribution is 2.46. The number of benzene rings is 8. The van der Waals surface area contributed by atoms with Crippen molar-refractivity contribution in [1.82, 2.24) is 0 Å². The molecule has 0 spiro atoms. The Balaban J connectivity index is 0.000000221. The Morgan fingerprint density at radius 1 is 0.270 bits per heavy atom. The van der Waals surface area contributed by atoms with Crippen molar-refractivity contribution >= 4 is 0 Å². The average Bonchev–Trinajstić information content (AvgIpc) is 3.44. The molecule has 0 aliphatic rings. The molecule has 0 fully saturated rings. The third kappa shape index (κ3) is 16.8. The van der Waals surface area contributed by atoms with E-state index in [1.54, 1.807) is 24.3 Å². The summed E-state index contributed by atoms with van der Waals surface area (Å²) in [6.45, 7) is 4.53. The number of aryl methyl sites for hydroxylation is 2. The number of phenols is 2. The highest BCUT2D eigenvalue weighted by atomic mass is 16.5. The van der Waals surface area contributed by atoms with Crippen molar-refractivity contribution in [2.45, 2.75) is 129 Å². The first-order valence-corrected chi connectivity index (χ1v) is 27.3. The first-order valence-electron chi connectivity index (χ1n) is 27.3. The molecule has 0 heterocycles. The van der Waals surface area contributed by atoms with Gasteiger partial charge in [-0.05, 0) is 96.5 Å². The number of aromatic hydroxyl groups is 2. The summed E-state index contributed by atoms with van der Waals surface area (Å²) in [5.74, 6) is 4.63. The Morgan fingerprint density at radius 2 is 0.581 bits per heavy atom. The van der Waals surface area contributed by atoms with Crippen LogP contribution in [0.2, 0.25) is 0 Å². The molecular weight excluding hydrogens is 913 g/mol. The number of ether oxygens (including phenoxy) is 4. The Kier molecular flexibility index (Phi) is 22.4. The molecule has 0 aliphatic carbocycles. The molecule has 0 amide bonds. The lowest BCUT2D eigenvalue weighted by Crippen LogP contribution is -1.97. The van der Waals surface area contributed by atoms with Crippen molar-refractivity contribution in [3.63, 3.8) is 0 Å². The molecule has 2 N–H and O–H groups in total. The Hall–Kier alpha value is -7.44. The second kappa shape index (κ2) is 30.6. The van der Waals surface area contributed by atoms with Crippen LogP contribution in [0.3, 0.4) is 0 Å². The number of para-hydroxylation sites is 6. The van der Waals surface area contributed by atoms with Crippen LogP contribution in [-0.4, -0.2) is 10.2 Å². The average molecular weight is 989 g/mol. The van der Waals surface area contributed by atoms with Crippen LogP contribution in [0.1, 0.15) is 128 Å². The maximum Gasteiger partial charge on any atom is 0.211 e. The van der Waals surface area contributed by atoms with E-state index in [9.17, 15) is 10.2 Å². The van der Waals surface area contributed by atoms with Gasteiger partial charge in [0.2, 0.25) is 11.5 Å². The van der Waals surface area contributed by atoms with Gasteiger partial charge in [0.1, 0.15) is 23.0 Å². The van der Waals surface area contributed by atoms with Gasteiger partial charge in [0.05, 0.1) is 0 Å². The lowest BCUT2D eigenvalue weighted by molar-refractivity contribution is 0.377. The van der Waals surface area contributed by atoms with Crippen molar-refractivity contribution in [3.8, 4) is 79.7 Å². The van der Waals surface area contributed by atoms with Crippen molar-refractivity contribution in [1.29, 1.82) is 0 Å². The van der Waals surface area contributed by atoms with E-state index in [1.807, 2.05) is 146 Å². The van der Waals surface area contributed by atoms with Crippen LogP contribution in [0.15, 0.2) is 194 Å². The van der Waals surface area contributed by atoms with Crippen molar-refractivity contribution in [2.24, 2.45) is 0 Å². The van der Waals surface area contributed by atoms with Crippen molar-refractivity contribution in [2.75, 3.05) is 0 Å². The summed E-state index contributed by atoms with van der Waals surface area (Å²) in [6, 6.07) is 62.6. The normalized spacial score (nSPS) is 10.8. The topological polar surface area (TPSA) is 77.4 Å². The number of phenolic OH excluding ortho intramolecular Hbond substituents is 2. The van der Waals surface area contributed by atoms with Crippen LogP contribution in [0, 0.1) is 0 Å². The van der Waals surface area contributed by atoms with E-state index in [-0.39, 0.29) is 17.2 Å². The monoisotopic (exact) mass is 989 g/mol. The second-order valence-corrected chi connectivity index (χ2v) is 19.0. The number of hydrogen-bond acceptors (Lipinski definition) is 6. The minimum absolute atomic E-state index is 0.00700. The number of rotatable bonds is 28. The molecule has 8 aromatic rings. The Bertz CT molecular complexity index is 2860. The van der Waals surface area contributed by atoms with E-state index in [2.05, 4.69) is 38.1 Å². The van der Waals surface area contributed by atoms with Gasteiger partial charge in [-0.2, -0.15) is 0 Å². The van der Waals surface area contributed by atoms with Gasteiger partial charge in [-0.1, -0.05) is 249 Å². The molecule has 0 bridgehead atoms. The first kappa shape index (κ1) is 54.3. The molecule has 0 atom stereocenters. The molecule has 0 saturated carbocycles. The molecular formula is C68H76O6. The molecule has 8 aromatic carbocycles. The zero-order valence-corrected chi connectivity index (χ0v) is 43.7. The summed E-state index contributed by atoms with van der Waals surface area (Å²) in [5.41, 5.74) is 6.32. The summed E-state index contributed by atoms with van der Waals surface area (Å²) >= 11 is 0. The maximum atomic E-state index is 10.8. The van der Waals surface area contributed by atoms with Gasteiger partial charge >= 0.3 is 0 Å². The van der Waals surface area contributed by atoms with Gasteiger partial charge < -0.3 is 29.2 Å². The van der Waals surface area contributed by atoms with E-state index in [0.717, 1.165) is 59.4 Å². The summed E-state index contributed by atoms with van der Waals surface area (Å²) in [4.78, 5) is 0. The third-order valence-corrected chi connectivity index (χ3v) is 13.3. The molecule has 0 aliphatic heterocycles. The van der Waals surface area contributed by atoms with Crippen LogP contribution in [0.25, 0.3) is 22.3 Å². The zero-order valence-electron chi connectivity index (χ0n) is 43.7. The fourth-order valence-electron chi connectivity index (χ4n) is 9.17. The SMILES string of the molecule is CCCCCCCCCCc1ccccc1Oc1cccc(O)c1Oc1ccccc1CCCCCCCCCC.Oc1cccc(Oc2ccccc2-c2ccccc2)c1Oc1ccccc1-c1ccccc1. The minimum atomic E-state index is 0.00700. The maximum absolute atomic E-state index is 10.8. The summed E-state index contributed by atoms with van der Waals surface area (Å²) in [6.07, 6.45) is 22.8. The Morgan fingerprint density at radius 3 is 1.03 bits per heavy atom. The van der Waals surface area contributed by atoms with Crippen LogP contribution in [-0.2, 0) is 12.8 Å². The predicted octanol–water partition coefficient (Wildman–Crippen LogP) is 20.7. The van der Waals surface area contributed by atoms with Crippen LogP contribution in [0.5, 0.6) is 57.5 Å². The van der Waals surface area contributed by atoms with Crippen LogP contribution < -0.4 is 18.9 Å². The van der Waals surface area contributed by atoms with Gasteiger partial charge in [-0.15, -0.1) is 0 Å². The predicted molar refractivity (Wildman–Crippen MR) is 306 cm³/mol. The van der Waals surface area contributed by atoms with Gasteiger partial charge in [0, 0.05) is 11.1 Å². The molecule has 6 heteroatoms. The highest BCUT2D eigenvalue weighted by molar-refractivity contribution is 5.73. The lowest BCUT2D eigenvalue weighted by Gasteiger charge is -2.17. The van der Waals surface area contributed by atoms with E-state index >= 15 is 0 Å². The van der Waals surface area contributed by atoms with Gasteiger partial charge in [-0.25, -0.2) is 0 Å². The highest BCUT2D eigenvalue weighted by Gasteiger charge is 2.19. The fraction of sp³-hybridized carbons (Fsp3) is 0.294. The van der Waals surface area contributed by atoms with Gasteiger partial charge in [0.15, 0.2) is 23.0 Å². The molecule has 0 radical (unpaired) electrons. The van der Waals surface area contributed by atoms with Gasteiger partial charge in [-0.3, -0.25) is 0 Å². The first-order chi connectivity index (χ1) is 36.5. The molecule has 8 rings (SSSR count). The molecule has 6 nitrogen and oxygen atoms in total. The molecule has 0 aromatic heterocycles. The summed E-state index contributed by atoms with van der Waals surface area (Å²) in [5, 5.41) is 21.5. The summed E-state index contributed by atoms with van der Waals surface area (Å²) < 4.78 is 25.4. The Labute approximate surface area is 441 Å². The van der Waals surface area contributed by atoms with E-state index in [1.165, 1.54) is 101 Å². The quantitative estimate of drug-likeness (QED) is 0.0476. The lowest BCUT2D eigenvalue weighted by atomic mass is 10.0. The largest absolute Gasteiger partial charge is 0.504 e. The van der Waals surface area contributed by atoms with Crippen LogP contribution >= 0.6 is 0 Å². The smallest absolute Gasteiger partial charge is 0.211 e. The molecule has 0 saturated heterocycles. The fourth-order valence-corrected chi connectivity index (χ4v) is 9.17. The van der Waals surface area contributed by atoms with Crippen molar-refractivity contribution in [3.05, 3.63) is 205 Å². The zero-order chi connectivity index (χ0) is 51.4. The van der Waals surface area contributed by atoms with Crippen LogP contribution in [0.4, 0.5) is 0 Å². The second-order valence-electron chi connectivity index (χ2n) is 19.0. The van der Waals surface area contributed by atoms with E-state index in [0.29, 0.717) is 28.7 Å². The molecule has 74 heavy (non-hydrogen) atoms. The summed E-state index contributed by atoms with van der Waals surface area (Å²) in [7, 11) is 0. The van der Waals surface area contributed by atoms with E-state index in [4.69, 9.17) is 18.9 Å². The standard InChI is InChI=1S/C38H54O3.C30H22O3/c1-3-5-7-9-11-13-15-17-24-32-26-19-21-29-35(32)40-37-31-23-28-34(39)38(37)41-36-30-22-20-27-33(36)25-18-16-14-12-10-8-6-4-2;31-26-18-11-21-29(32-27-19-9-7-16-24(27)22-12-3-1-4-13-22)30(26)33-28-20-10-8-17-25(28)23-14-5-2-6-15-23/h19-23,26-31,39H,3-18,24-25H2,1-2H3;1-21,31H. The number of unbranched alkanes of at least 4 members (excludes halogenated alkanes) is 14. The van der Waals surface area contributed by atoms with E-state index < -0.39 is 0 Å². The third-order valence-electron chi connectivity index (χ3n) is 13.3. The minimum Gasteiger partial charge on any atom is -0.504 e. The molecule has 384 valence electrons. The van der Waals surface area contributed by atoms with Crippen molar-refractivity contribution < 1.29 is 29.2 Å². The van der Waals surface area contributed by atoms with Gasteiger partial charge in [0.25, 0.3) is 0 Å². The number of hydrogen-bond donors (Lipinski definition) is 2. The molecule has 0 unspecified atom stereocenters.